The molecule has 2 N–H and O–H groups in total. The summed E-state index contributed by atoms with van der Waals surface area (Å²) >= 11 is 2.01. The molecule has 0 amide bonds. The van der Waals surface area contributed by atoms with Crippen LogP contribution in [0.3, 0.4) is 0 Å². The highest BCUT2D eigenvalue weighted by molar-refractivity contribution is 7.99. The number of thioether (sulfide) groups is 1. The molecule has 278 valence electrons. The molecule has 0 bridgehead atoms. The first kappa shape index (κ1) is 37.2. The van der Waals surface area contributed by atoms with Gasteiger partial charge in [-0.15, -0.1) is 0 Å². The number of fused-ring (bicyclic) bond motifs is 2. The summed E-state index contributed by atoms with van der Waals surface area (Å²) in [5.41, 5.74) is 8.69. The summed E-state index contributed by atoms with van der Waals surface area (Å²) in [6, 6.07) is 17.2. The molecule has 1 saturated carbocycles. The van der Waals surface area contributed by atoms with Crippen LogP contribution in [0.5, 0.6) is 11.5 Å². The lowest BCUT2D eigenvalue weighted by Crippen LogP contribution is -2.18. The summed E-state index contributed by atoms with van der Waals surface area (Å²) in [4.78, 5) is 0. The lowest BCUT2D eigenvalue weighted by Gasteiger charge is -2.28. The fourth-order valence-electron chi connectivity index (χ4n) is 8.04. The Hall–Kier alpha value is -4.09. The van der Waals surface area contributed by atoms with Crippen molar-refractivity contribution in [3.8, 4) is 22.9 Å². The van der Waals surface area contributed by atoms with Crippen LogP contribution < -0.4 is 0 Å². The van der Waals surface area contributed by atoms with Crippen LogP contribution in [0.25, 0.3) is 28.2 Å². The van der Waals surface area contributed by atoms with E-state index >= 15 is 0 Å². The van der Waals surface area contributed by atoms with E-state index in [1.807, 2.05) is 11.8 Å². The van der Waals surface area contributed by atoms with Crippen LogP contribution in [0.1, 0.15) is 120 Å². The van der Waals surface area contributed by atoms with Gasteiger partial charge in [-0.25, -0.2) is 0 Å². The van der Waals surface area contributed by atoms with Crippen molar-refractivity contribution in [1.82, 2.24) is 9.13 Å². The number of nitrogens with zero attached hydrogens (tertiary/aromatic N) is 2. The number of hydrogen-bond acceptors (Lipinski definition) is 3. The molecule has 0 saturated heterocycles. The smallest absolute Gasteiger partial charge is 0.143 e. The number of hydrogen-bond donors (Lipinski definition) is 2. The highest BCUT2D eigenvalue weighted by Crippen LogP contribution is 2.41. The zero-order valence-corrected chi connectivity index (χ0v) is 33.5. The molecule has 0 radical (unpaired) electrons. The van der Waals surface area contributed by atoms with Crippen LogP contribution in [0.15, 0.2) is 91.5 Å². The molecular formula is C48H58N2O2S. The zero-order chi connectivity index (χ0) is 37.3. The number of phenolic OH excluding ortho intramolecular Hbond substituents is 2. The van der Waals surface area contributed by atoms with Gasteiger partial charge in [0, 0.05) is 46.9 Å². The van der Waals surface area contributed by atoms with Crippen molar-refractivity contribution in [1.29, 1.82) is 0 Å². The molecule has 2 atom stereocenters. The van der Waals surface area contributed by atoms with E-state index in [9.17, 15) is 10.2 Å². The van der Waals surface area contributed by atoms with Gasteiger partial charge in [0.05, 0.1) is 11.4 Å². The van der Waals surface area contributed by atoms with E-state index in [0.29, 0.717) is 29.1 Å². The maximum Gasteiger partial charge on any atom is 0.143 e. The number of phenols is 2. The first-order chi connectivity index (χ1) is 25.3. The molecule has 4 nitrogen and oxygen atoms in total. The minimum absolute atomic E-state index is 0.0423. The summed E-state index contributed by atoms with van der Waals surface area (Å²) in [5.74, 6) is 1.97. The van der Waals surface area contributed by atoms with E-state index < -0.39 is 0 Å². The van der Waals surface area contributed by atoms with E-state index in [1.54, 1.807) is 0 Å². The van der Waals surface area contributed by atoms with Gasteiger partial charge in [0.25, 0.3) is 0 Å². The molecule has 2 unspecified atom stereocenters. The third-order valence-corrected chi connectivity index (χ3v) is 12.9. The topological polar surface area (TPSA) is 50.3 Å². The molecule has 1 fully saturated rings. The monoisotopic (exact) mass is 726 g/mol. The number of allylic oxidation sites excluding steroid dienone is 3. The Balaban J connectivity index is 1.14. The van der Waals surface area contributed by atoms with Gasteiger partial charge in [0.15, 0.2) is 0 Å². The summed E-state index contributed by atoms with van der Waals surface area (Å²) in [5, 5.41) is 26.3. The summed E-state index contributed by atoms with van der Waals surface area (Å²) in [7, 11) is 0. The Kier molecular flexibility index (Phi) is 10.8. The Morgan fingerprint density at radius 1 is 0.736 bits per heavy atom. The molecule has 2 aromatic heterocycles. The van der Waals surface area contributed by atoms with Crippen molar-refractivity contribution in [2.24, 2.45) is 5.92 Å². The average molecular weight is 727 g/mol. The lowest BCUT2D eigenvalue weighted by atomic mass is 9.85. The van der Waals surface area contributed by atoms with Gasteiger partial charge < -0.3 is 19.3 Å². The number of rotatable bonds is 8. The highest BCUT2D eigenvalue weighted by atomic mass is 32.2. The van der Waals surface area contributed by atoms with Gasteiger partial charge in [0.2, 0.25) is 0 Å². The molecule has 2 heterocycles. The Morgan fingerprint density at radius 3 is 1.98 bits per heavy atom. The molecule has 2 aliphatic rings. The van der Waals surface area contributed by atoms with Gasteiger partial charge in [-0.2, -0.15) is 11.8 Å². The largest absolute Gasteiger partial charge is 0.505 e. The standard InChI is InChI=1S/C48H58N2O2S/c1-47(2,3)40-24-34(45(51)42(26-40)49-28-35-17-11-12-18-36(35)29-49)22-15-21-33-16-9-7-8-10-23-44(33)53-32-39-25-41(48(4,5)6)27-43(46(39)52)50-30-37-19-13-14-20-38(37)31-50/h11,13-15,17,19-21,24-31,33,44,51-52H,7-10,12,16,18,22-23,32H2,1-6H3/b21-15+. The second-order valence-corrected chi connectivity index (χ2v) is 18.8. The number of aromatic hydroxyl groups is 2. The number of aromatic nitrogens is 2. The van der Waals surface area contributed by atoms with Gasteiger partial charge in [-0.1, -0.05) is 128 Å². The quantitative estimate of drug-likeness (QED) is 0.157. The molecule has 0 aliphatic heterocycles. The first-order valence-corrected chi connectivity index (χ1v) is 20.9. The van der Waals surface area contributed by atoms with E-state index in [1.165, 1.54) is 71.6 Å². The summed E-state index contributed by atoms with van der Waals surface area (Å²) in [6.07, 6.45) is 28.1. The van der Waals surface area contributed by atoms with Crippen molar-refractivity contribution in [2.75, 3.05) is 0 Å². The first-order valence-electron chi connectivity index (χ1n) is 19.8. The van der Waals surface area contributed by atoms with Crippen molar-refractivity contribution in [2.45, 2.75) is 121 Å². The highest BCUT2D eigenvalue weighted by Gasteiger charge is 2.25. The van der Waals surface area contributed by atoms with E-state index in [4.69, 9.17) is 0 Å². The van der Waals surface area contributed by atoms with Crippen molar-refractivity contribution in [3.05, 3.63) is 125 Å². The molecule has 7 rings (SSSR count). The summed E-state index contributed by atoms with van der Waals surface area (Å²) in [6.45, 7) is 13.5. The predicted molar refractivity (Wildman–Crippen MR) is 226 cm³/mol. The Labute approximate surface area is 321 Å². The SMILES string of the molecule is CC(C)(C)c1cc(C/C=C/C2CCCCCCC2SCc2cc(C(C)(C)C)cc(-n3cc4ccccc4c3)c2O)c(O)c(-n2cc3c(c2)CCC=C3)c1. The summed E-state index contributed by atoms with van der Waals surface area (Å²) < 4.78 is 4.23. The van der Waals surface area contributed by atoms with Crippen LogP contribution in [0, 0.1) is 5.92 Å². The van der Waals surface area contributed by atoms with Crippen molar-refractivity contribution < 1.29 is 10.2 Å². The van der Waals surface area contributed by atoms with Crippen LogP contribution in [-0.2, 0) is 29.4 Å². The van der Waals surface area contributed by atoms with Crippen molar-refractivity contribution in [3.63, 3.8) is 0 Å². The number of aryl methyl sites for hydroxylation is 1. The van der Waals surface area contributed by atoms with E-state index in [2.05, 4.69) is 148 Å². The molecule has 0 spiro atoms. The third kappa shape index (κ3) is 8.36. The molecule has 3 aromatic carbocycles. The van der Waals surface area contributed by atoms with Gasteiger partial charge >= 0.3 is 0 Å². The van der Waals surface area contributed by atoms with Gasteiger partial charge in [-0.3, -0.25) is 0 Å². The van der Waals surface area contributed by atoms with Gasteiger partial charge in [-0.05, 0) is 94.0 Å². The van der Waals surface area contributed by atoms with Gasteiger partial charge in [0.1, 0.15) is 11.5 Å². The van der Waals surface area contributed by atoms with Crippen LogP contribution in [0.4, 0.5) is 0 Å². The van der Waals surface area contributed by atoms with Crippen LogP contribution >= 0.6 is 11.8 Å². The fourth-order valence-corrected chi connectivity index (χ4v) is 9.46. The fraction of sp³-hybridized carbons (Fsp3) is 0.417. The van der Waals surface area contributed by atoms with Crippen LogP contribution in [0.2, 0.25) is 0 Å². The molecule has 5 aromatic rings. The zero-order valence-electron chi connectivity index (χ0n) is 32.7. The second-order valence-electron chi connectivity index (χ2n) is 17.5. The molecular weight excluding hydrogens is 669 g/mol. The van der Waals surface area contributed by atoms with Crippen molar-refractivity contribution >= 4 is 28.6 Å². The maximum atomic E-state index is 11.8. The minimum atomic E-state index is -0.0482. The van der Waals surface area contributed by atoms with Crippen LogP contribution in [-0.4, -0.2) is 24.6 Å². The average Bonchev–Trinajstić information content (AvgIpc) is 3.74. The molecule has 2 aliphatic carbocycles. The number of benzene rings is 3. The molecule has 5 heteroatoms. The lowest BCUT2D eigenvalue weighted by molar-refractivity contribution is 0.444. The second kappa shape index (κ2) is 15.3. The molecule has 53 heavy (non-hydrogen) atoms. The maximum absolute atomic E-state index is 11.8. The Bertz CT molecular complexity index is 2100. The Morgan fingerprint density at radius 2 is 1.34 bits per heavy atom. The van der Waals surface area contributed by atoms with E-state index in [0.717, 1.165) is 41.1 Å². The predicted octanol–water partition coefficient (Wildman–Crippen LogP) is 12.8. The minimum Gasteiger partial charge on any atom is -0.505 e. The van der Waals surface area contributed by atoms with E-state index in [-0.39, 0.29) is 10.8 Å². The normalized spacial score (nSPS) is 18.4. The third-order valence-electron chi connectivity index (χ3n) is 11.4.